The van der Waals surface area contributed by atoms with Crippen LogP contribution in [-0.4, -0.2) is 35.2 Å². The van der Waals surface area contributed by atoms with E-state index >= 15 is 0 Å². The minimum absolute atomic E-state index is 0.0582. The first-order chi connectivity index (χ1) is 11.5. The van der Waals surface area contributed by atoms with E-state index in [-0.39, 0.29) is 24.2 Å². The van der Waals surface area contributed by atoms with E-state index in [1.165, 1.54) is 6.07 Å². The fourth-order valence-corrected chi connectivity index (χ4v) is 2.25. The van der Waals surface area contributed by atoms with E-state index in [0.717, 1.165) is 6.54 Å². The minimum atomic E-state index is -0.272. The highest BCUT2D eigenvalue weighted by Crippen LogP contribution is 2.19. The van der Waals surface area contributed by atoms with Gasteiger partial charge >= 0.3 is 0 Å². The van der Waals surface area contributed by atoms with E-state index in [0.29, 0.717) is 35.8 Å². The lowest BCUT2D eigenvalue weighted by Gasteiger charge is -2.12. The fraction of sp³-hybridized carbons (Fsp3) is 0.471. The second-order valence-corrected chi connectivity index (χ2v) is 5.74. The van der Waals surface area contributed by atoms with Gasteiger partial charge in [0.2, 0.25) is 17.6 Å². The van der Waals surface area contributed by atoms with Crippen molar-refractivity contribution in [2.75, 3.05) is 13.1 Å². The third-order valence-electron chi connectivity index (χ3n) is 3.61. The number of carbonyl (C=O) groups excluding carboxylic acids is 1. The molecular weight excluding hydrogens is 311 g/mol. The molecule has 24 heavy (non-hydrogen) atoms. The Balaban J connectivity index is 1.85. The van der Waals surface area contributed by atoms with Crippen LogP contribution >= 0.6 is 0 Å². The van der Waals surface area contributed by atoms with Crippen LogP contribution in [0.5, 0.6) is 0 Å². The molecule has 2 N–H and O–H groups in total. The number of hydrogen-bond donors (Lipinski definition) is 2. The Kier molecular flexibility index (Phi) is 6.43. The van der Waals surface area contributed by atoms with Gasteiger partial charge in [-0.15, -0.1) is 0 Å². The molecule has 0 unspecified atom stereocenters. The number of likely N-dealkylation sites (N-methyl/N-ethyl adjacent to an activating group) is 1. The minimum Gasteiger partial charge on any atom is -0.355 e. The van der Waals surface area contributed by atoms with Gasteiger partial charge in [-0.25, -0.2) is 4.39 Å². The Hall–Kier alpha value is -2.28. The van der Waals surface area contributed by atoms with Gasteiger partial charge in [0.05, 0.1) is 0 Å². The number of nitrogens with one attached hydrogen (secondary N) is 2. The van der Waals surface area contributed by atoms with Crippen molar-refractivity contribution in [1.82, 2.24) is 20.8 Å². The van der Waals surface area contributed by atoms with E-state index in [1.54, 1.807) is 19.1 Å². The number of amides is 1. The first-order valence-electron chi connectivity index (χ1n) is 8.08. The molecule has 1 amide bonds. The number of halogens is 1. The van der Waals surface area contributed by atoms with E-state index in [1.807, 2.05) is 13.8 Å². The normalized spacial score (nSPS) is 12.2. The van der Waals surface area contributed by atoms with Gasteiger partial charge < -0.3 is 15.2 Å². The molecule has 0 saturated heterocycles. The van der Waals surface area contributed by atoms with Crippen molar-refractivity contribution < 1.29 is 13.7 Å². The maximum Gasteiger partial charge on any atom is 0.227 e. The zero-order valence-corrected chi connectivity index (χ0v) is 14.2. The maximum absolute atomic E-state index is 13.3. The number of rotatable bonds is 8. The van der Waals surface area contributed by atoms with Crippen molar-refractivity contribution in [3.05, 3.63) is 35.5 Å². The molecule has 1 aromatic carbocycles. The Morgan fingerprint density at radius 1 is 1.42 bits per heavy atom. The average molecular weight is 334 g/mol. The summed E-state index contributed by atoms with van der Waals surface area (Å²) in [4.78, 5) is 16.1. The maximum atomic E-state index is 13.3. The second kappa shape index (κ2) is 8.54. The molecule has 1 atom stereocenters. The molecule has 0 aliphatic heterocycles. The zero-order chi connectivity index (χ0) is 17.5. The molecule has 6 nitrogen and oxygen atoms in total. The summed E-state index contributed by atoms with van der Waals surface area (Å²) in [5.41, 5.74) is 1.21. The van der Waals surface area contributed by atoms with Gasteiger partial charge in [-0.3, -0.25) is 4.79 Å². The highest BCUT2D eigenvalue weighted by Gasteiger charge is 2.12. The summed E-state index contributed by atoms with van der Waals surface area (Å²) < 4.78 is 18.5. The SMILES string of the molecule is CCN[C@H](C)CNC(=O)CCc1nc(-c2ccc(F)c(C)c2)no1. The summed E-state index contributed by atoms with van der Waals surface area (Å²) in [7, 11) is 0. The Bertz CT molecular complexity index is 687. The van der Waals surface area contributed by atoms with Crippen LogP contribution in [0.3, 0.4) is 0 Å². The molecule has 1 heterocycles. The first kappa shape index (κ1) is 18.1. The lowest BCUT2D eigenvalue weighted by atomic mass is 10.1. The molecule has 0 bridgehead atoms. The quantitative estimate of drug-likeness (QED) is 0.774. The van der Waals surface area contributed by atoms with Crippen molar-refractivity contribution in [2.45, 2.75) is 39.7 Å². The first-order valence-corrected chi connectivity index (χ1v) is 8.08. The lowest BCUT2D eigenvalue weighted by molar-refractivity contribution is -0.121. The van der Waals surface area contributed by atoms with Crippen LogP contribution in [0.25, 0.3) is 11.4 Å². The van der Waals surface area contributed by atoms with Crippen molar-refractivity contribution in [3.8, 4) is 11.4 Å². The molecule has 0 saturated carbocycles. The van der Waals surface area contributed by atoms with E-state index < -0.39 is 0 Å². The smallest absolute Gasteiger partial charge is 0.227 e. The van der Waals surface area contributed by atoms with Gasteiger partial charge in [-0.2, -0.15) is 4.98 Å². The zero-order valence-electron chi connectivity index (χ0n) is 14.2. The third kappa shape index (κ3) is 5.13. The Labute approximate surface area is 140 Å². The standard InChI is InChI=1S/C17H23FN4O2/c1-4-19-12(3)10-20-15(23)7-8-16-21-17(22-24-16)13-5-6-14(18)11(2)9-13/h5-6,9,12,19H,4,7-8,10H2,1-3H3,(H,20,23)/t12-/m1/s1. The van der Waals surface area contributed by atoms with Gasteiger partial charge in [-0.1, -0.05) is 12.1 Å². The molecule has 0 aliphatic rings. The van der Waals surface area contributed by atoms with Crippen LogP contribution in [0, 0.1) is 12.7 Å². The summed E-state index contributed by atoms with van der Waals surface area (Å²) in [6.45, 7) is 7.16. The lowest BCUT2D eigenvalue weighted by Crippen LogP contribution is -2.38. The predicted molar refractivity (Wildman–Crippen MR) is 88.9 cm³/mol. The summed E-state index contributed by atoms with van der Waals surface area (Å²) in [6.07, 6.45) is 0.650. The van der Waals surface area contributed by atoms with E-state index in [4.69, 9.17) is 4.52 Å². The number of nitrogens with zero attached hydrogens (tertiary/aromatic N) is 2. The monoisotopic (exact) mass is 334 g/mol. The number of benzene rings is 1. The predicted octanol–water partition coefficient (Wildman–Crippen LogP) is 2.23. The highest BCUT2D eigenvalue weighted by molar-refractivity contribution is 5.76. The van der Waals surface area contributed by atoms with Crippen LogP contribution in [-0.2, 0) is 11.2 Å². The summed E-state index contributed by atoms with van der Waals surface area (Å²) in [5.74, 6) is 0.458. The van der Waals surface area contributed by atoms with Gasteiger partial charge in [0.1, 0.15) is 5.82 Å². The Morgan fingerprint density at radius 2 is 2.21 bits per heavy atom. The Morgan fingerprint density at radius 3 is 2.92 bits per heavy atom. The molecule has 0 fully saturated rings. The second-order valence-electron chi connectivity index (χ2n) is 5.74. The summed E-state index contributed by atoms with van der Waals surface area (Å²) >= 11 is 0. The number of carbonyl (C=O) groups is 1. The number of aryl methyl sites for hydroxylation is 2. The highest BCUT2D eigenvalue weighted by atomic mass is 19.1. The van der Waals surface area contributed by atoms with Gasteiger partial charge in [0.15, 0.2) is 0 Å². The molecule has 0 radical (unpaired) electrons. The van der Waals surface area contributed by atoms with Crippen LogP contribution in [0.1, 0.15) is 31.7 Å². The molecule has 130 valence electrons. The third-order valence-corrected chi connectivity index (χ3v) is 3.61. The molecule has 0 aliphatic carbocycles. The van der Waals surface area contributed by atoms with Crippen molar-refractivity contribution in [2.24, 2.45) is 0 Å². The largest absolute Gasteiger partial charge is 0.355 e. The summed E-state index contributed by atoms with van der Waals surface area (Å²) in [5, 5.41) is 9.96. The molecular formula is C17H23FN4O2. The topological polar surface area (TPSA) is 80.0 Å². The average Bonchev–Trinajstić information content (AvgIpc) is 3.03. The fourth-order valence-electron chi connectivity index (χ4n) is 2.25. The van der Waals surface area contributed by atoms with Crippen molar-refractivity contribution in [3.63, 3.8) is 0 Å². The van der Waals surface area contributed by atoms with E-state index in [2.05, 4.69) is 20.8 Å². The van der Waals surface area contributed by atoms with Crippen LogP contribution in [0.15, 0.2) is 22.7 Å². The number of hydrogen-bond acceptors (Lipinski definition) is 5. The molecule has 7 heteroatoms. The summed E-state index contributed by atoms with van der Waals surface area (Å²) in [6, 6.07) is 4.88. The van der Waals surface area contributed by atoms with E-state index in [9.17, 15) is 9.18 Å². The van der Waals surface area contributed by atoms with Gasteiger partial charge in [0.25, 0.3) is 0 Å². The van der Waals surface area contributed by atoms with Crippen molar-refractivity contribution >= 4 is 5.91 Å². The van der Waals surface area contributed by atoms with Crippen LogP contribution in [0.2, 0.25) is 0 Å². The molecule has 0 spiro atoms. The van der Waals surface area contributed by atoms with Crippen LogP contribution < -0.4 is 10.6 Å². The molecule has 2 aromatic rings. The van der Waals surface area contributed by atoms with Gasteiger partial charge in [0, 0.05) is 31.0 Å². The van der Waals surface area contributed by atoms with Crippen molar-refractivity contribution in [1.29, 1.82) is 0 Å². The van der Waals surface area contributed by atoms with Gasteiger partial charge in [-0.05, 0) is 44.2 Å². The molecule has 2 rings (SSSR count). The number of aromatic nitrogens is 2. The molecule has 1 aromatic heterocycles. The van der Waals surface area contributed by atoms with Crippen LogP contribution in [0.4, 0.5) is 4.39 Å².